The van der Waals surface area contributed by atoms with Gasteiger partial charge in [0.25, 0.3) is 5.91 Å². The number of anilines is 1. The number of phenols is 2. The quantitative estimate of drug-likeness (QED) is 0.674. The number of aromatic hydroxyl groups is 2. The van der Waals surface area contributed by atoms with Gasteiger partial charge in [0, 0.05) is 17.8 Å². The van der Waals surface area contributed by atoms with Gasteiger partial charge in [0.05, 0.1) is 5.69 Å². The first-order chi connectivity index (χ1) is 10.2. The standard InChI is InChI=1S/C16H12N2O3/c19-13-5-2-6-14(20)15(13)16(21)18-12-4-1-3-10-7-8-17-9-11(10)12/h1-9,19-20H,(H,18,21). The number of amides is 1. The van der Waals surface area contributed by atoms with Gasteiger partial charge in [-0.15, -0.1) is 0 Å². The second kappa shape index (κ2) is 5.13. The highest BCUT2D eigenvalue weighted by Crippen LogP contribution is 2.28. The van der Waals surface area contributed by atoms with E-state index < -0.39 is 5.91 Å². The molecule has 1 aromatic heterocycles. The maximum atomic E-state index is 12.2. The molecule has 0 aliphatic carbocycles. The lowest BCUT2D eigenvalue weighted by atomic mass is 10.1. The van der Waals surface area contributed by atoms with E-state index in [2.05, 4.69) is 10.3 Å². The van der Waals surface area contributed by atoms with E-state index in [9.17, 15) is 15.0 Å². The molecular formula is C16H12N2O3. The molecule has 3 N–H and O–H groups in total. The van der Waals surface area contributed by atoms with Gasteiger partial charge in [0.2, 0.25) is 0 Å². The van der Waals surface area contributed by atoms with Crippen LogP contribution < -0.4 is 5.32 Å². The van der Waals surface area contributed by atoms with Crippen molar-refractivity contribution >= 4 is 22.4 Å². The summed E-state index contributed by atoms with van der Waals surface area (Å²) < 4.78 is 0. The lowest BCUT2D eigenvalue weighted by Crippen LogP contribution is -2.12. The van der Waals surface area contributed by atoms with Gasteiger partial charge in [0.15, 0.2) is 0 Å². The van der Waals surface area contributed by atoms with Crippen molar-refractivity contribution in [3.05, 3.63) is 60.4 Å². The zero-order valence-corrected chi connectivity index (χ0v) is 10.9. The zero-order chi connectivity index (χ0) is 14.8. The van der Waals surface area contributed by atoms with Gasteiger partial charge >= 0.3 is 0 Å². The van der Waals surface area contributed by atoms with Crippen LogP contribution in [0.3, 0.4) is 0 Å². The maximum Gasteiger partial charge on any atom is 0.263 e. The fraction of sp³-hybridized carbons (Fsp3) is 0. The van der Waals surface area contributed by atoms with Crippen LogP contribution in [0.5, 0.6) is 11.5 Å². The van der Waals surface area contributed by atoms with E-state index in [0.29, 0.717) is 5.69 Å². The van der Waals surface area contributed by atoms with Crippen LogP contribution in [0, 0.1) is 0 Å². The molecule has 0 atom stereocenters. The topological polar surface area (TPSA) is 82.5 Å². The van der Waals surface area contributed by atoms with Crippen molar-refractivity contribution in [2.24, 2.45) is 0 Å². The van der Waals surface area contributed by atoms with Gasteiger partial charge in [-0.2, -0.15) is 0 Å². The number of phenolic OH excluding ortho intramolecular Hbond substituents is 2. The van der Waals surface area contributed by atoms with Gasteiger partial charge in [-0.1, -0.05) is 18.2 Å². The summed E-state index contributed by atoms with van der Waals surface area (Å²) in [6.45, 7) is 0. The number of nitrogens with zero attached hydrogens (tertiary/aromatic N) is 1. The van der Waals surface area contributed by atoms with E-state index in [-0.39, 0.29) is 17.1 Å². The molecule has 1 amide bonds. The summed E-state index contributed by atoms with van der Waals surface area (Å²) in [5, 5.41) is 23.8. The van der Waals surface area contributed by atoms with Crippen molar-refractivity contribution in [2.45, 2.75) is 0 Å². The molecule has 2 aromatic carbocycles. The molecule has 0 spiro atoms. The van der Waals surface area contributed by atoms with Gasteiger partial charge in [-0.3, -0.25) is 9.78 Å². The van der Waals surface area contributed by atoms with Crippen LogP contribution >= 0.6 is 0 Å². The third-order valence-corrected chi connectivity index (χ3v) is 3.18. The molecule has 0 saturated carbocycles. The molecule has 104 valence electrons. The number of pyridine rings is 1. The highest BCUT2D eigenvalue weighted by molar-refractivity contribution is 6.11. The normalized spacial score (nSPS) is 10.5. The van der Waals surface area contributed by atoms with E-state index in [4.69, 9.17) is 0 Å². The smallest absolute Gasteiger partial charge is 0.263 e. The van der Waals surface area contributed by atoms with Gasteiger partial charge < -0.3 is 15.5 Å². The van der Waals surface area contributed by atoms with Crippen molar-refractivity contribution in [3.8, 4) is 11.5 Å². The van der Waals surface area contributed by atoms with Gasteiger partial charge in [-0.25, -0.2) is 0 Å². The van der Waals surface area contributed by atoms with Crippen molar-refractivity contribution in [3.63, 3.8) is 0 Å². The highest BCUT2D eigenvalue weighted by atomic mass is 16.3. The summed E-state index contributed by atoms with van der Waals surface area (Å²) in [5.41, 5.74) is 0.409. The molecule has 0 bridgehead atoms. The summed E-state index contributed by atoms with van der Waals surface area (Å²) in [6, 6.07) is 11.4. The van der Waals surface area contributed by atoms with E-state index in [1.165, 1.54) is 18.2 Å². The Hall–Kier alpha value is -3.08. The first-order valence-electron chi connectivity index (χ1n) is 6.32. The number of fused-ring (bicyclic) bond motifs is 1. The van der Waals surface area contributed by atoms with Gasteiger partial charge in [0.1, 0.15) is 17.1 Å². The Labute approximate surface area is 120 Å². The molecule has 21 heavy (non-hydrogen) atoms. The first kappa shape index (κ1) is 12.9. The van der Waals surface area contributed by atoms with Crippen LogP contribution in [0.25, 0.3) is 10.8 Å². The Morgan fingerprint density at radius 2 is 1.71 bits per heavy atom. The number of benzene rings is 2. The maximum absolute atomic E-state index is 12.2. The SMILES string of the molecule is O=C(Nc1cccc2ccncc12)c1c(O)cccc1O. The number of aromatic nitrogens is 1. The monoisotopic (exact) mass is 280 g/mol. The lowest BCUT2D eigenvalue weighted by Gasteiger charge is -2.10. The van der Waals surface area contributed by atoms with Gasteiger partial charge in [-0.05, 0) is 29.7 Å². The predicted octanol–water partition coefficient (Wildman–Crippen LogP) is 2.90. The molecule has 0 aliphatic rings. The van der Waals surface area contributed by atoms with Crippen LogP contribution in [0.4, 0.5) is 5.69 Å². The van der Waals surface area contributed by atoms with E-state index >= 15 is 0 Å². The Morgan fingerprint density at radius 1 is 1.00 bits per heavy atom. The number of hydrogen-bond acceptors (Lipinski definition) is 4. The molecule has 3 aromatic rings. The molecule has 5 nitrogen and oxygen atoms in total. The third kappa shape index (κ3) is 2.36. The number of carbonyl (C=O) groups is 1. The average Bonchev–Trinajstić information content (AvgIpc) is 2.47. The van der Waals surface area contributed by atoms with Crippen LogP contribution in [0.15, 0.2) is 54.9 Å². The summed E-state index contributed by atoms with van der Waals surface area (Å²) in [4.78, 5) is 16.3. The predicted molar refractivity (Wildman–Crippen MR) is 79.5 cm³/mol. The summed E-state index contributed by atoms with van der Waals surface area (Å²) in [7, 11) is 0. The molecule has 0 unspecified atom stereocenters. The Balaban J connectivity index is 2.01. The second-order valence-corrected chi connectivity index (χ2v) is 4.53. The molecule has 0 saturated heterocycles. The number of carbonyl (C=O) groups excluding carboxylic acids is 1. The largest absolute Gasteiger partial charge is 0.507 e. The lowest BCUT2D eigenvalue weighted by molar-refractivity contribution is 0.102. The van der Waals surface area contributed by atoms with E-state index in [1.54, 1.807) is 18.5 Å². The minimum atomic E-state index is -0.582. The van der Waals surface area contributed by atoms with Crippen molar-refractivity contribution < 1.29 is 15.0 Å². The van der Waals surface area contributed by atoms with Crippen molar-refractivity contribution in [1.82, 2.24) is 4.98 Å². The highest BCUT2D eigenvalue weighted by Gasteiger charge is 2.16. The molecule has 0 radical (unpaired) electrons. The second-order valence-electron chi connectivity index (χ2n) is 4.53. The fourth-order valence-electron chi connectivity index (χ4n) is 2.17. The number of hydrogen-bond donors (Lipinski definition) is 3. The van der Waals surface area contributed by atoms with Crippen LogP contribution in [-0.4, -0.2) is 21.1 Å². The third-order valence-electron chi connectivity index (χ3n) is 3.18. The van der Waals surface area contributed by atoms with Crippen LogP contribution in [0.2, 0.25) is 0 Å². The van der Waals surface area contributed by atoms with Crippen molar-refractivity contribution in [1.29, 1.82) is 0 Å². The Morgan fingerprint density at radius 3 is 2.48 bits per heavy atom. The zero-order valence-electron chi connectivity index (χ0n) is 10.9. The van der Waals surface area contributed by atoms with E-state index in [1.807, 2.05) is 18.2 Å². The minimum Gasteiger partial charge on any atom is -0.507 e. The van der Waals surface area contributed by atoms with E-state index in [0.717, 1.165) is 10.8 Å². The van der Waals surface area contributed by atoms with Crippen LogP contribution in [0.1, 0.15) is 10.4 Å². The summed E-state index contributed by atoms with van der Waals surface area (Å²) in [5.74, 6) is -1.13. The minimum absolute atomic E-state index is 0.154. The summed E-state index contributed by atoms with van der Waals surface area (Å²) in [6.07, 6.45) is 3.32. The molecule has 5 heteroatoms. The van der Waals surface area contributed by atoms with Crippen molar-refractivity contribution in [2.75, 3.05) is 5.32 Å². The molecular weight excluding hydrogens is 268 g/mol. The Bertz CT molecular complexity index is 805. The number of rotatable bonds is 2. The number of nitrogens with one attached hydrogen (secondary N) is 1. The van der Waals surface area contributed by atoms with Crippen LogP contribution in [-0.2, 0) is 0 Å². The molecule has 0 fully saturated rings. The fourth-order valence-corrected chi connectivity index (χ4v) is 2.17. The molecule has 1 heterocycles. The Kier molecular flexibility index (Phi) is 3.16. The molecule has 0 aliphatic heterocycles. The first-order valence-corrected chi connectivity index (χ1v) is 6.32. The summed E-state index contributed by atoms with van der Waals surface area (Å²) >= 11 is 0. The molecule has 3 rings (SSSR count). The average molecular weight is 280 g/mol.